The topological polar surface area (TPSA) is 33.4 Å². The molecule has 0 saturated carbocycles. The van der Waals surface area contributed by atoms with Crippen LogP contribution in [-0.2, 0) is 0 Å². The molecule has 0 spiro atoms. The van der Waals surface area contributed by atoms with E-state index in [4.69, 9.17) is 4.42 Å². The third kappa shape index (κ3) is 2.98. The van der Waals surface area contributed by atoms with E-state index in [2.05, 4.69) is 22.0 Å². The molecule has 1 aliphatic rings. The highest BCUT2D eigenvalue weighted by Crippen LogP contribution is 2.30. The van der Waals surface area contributed by atoms with E-state index in [0.717, 1.165) is 18.4 Å². The lowest BCUT2D eigenvalue weighted by Gasteiger charge is -2.15. The molecule has 2 rings (SSSR count). The first-order valence-corrected chi connectivity index (χ1v) is 6.69. The van der Waals surface area contributed by atoms with Gasteiger partial charge in [0.15, 0.2) is 4.67 Å². The van der Waals surface area contributed by atoms with Crippen molar-refractivity contribution in [2.24, 2.45) is 0 Å². The SMILES string of the molecule is OC(/C1=C/CCCCCC1)c1ccc(Br)o1. The summed E-state index contributed by atoms with van der Waals surface area (Å²) in [5.74, 6) is 0.638. The summed E-state index contributed by atoms with van der Waals surface area (Å²) >= 11 is 3.26. The molecule has 88 valence electrons. The Morgan fingerprint density at radius 3 is 2.75 bits per heavy atom. The van der Waals surface area contributed by atoms with Gasteiger partial charge in [-0.15, -0.1) is 0 Å². The van der Waals surface area contributed by atoms with Crippen LogP contribution in [0, 0.1) is 0 Å². The van der Waals surface area contributed by atoms with Gasteiger partial charge in [0.2, 0.25) is 0 Å². The van der Waals surface area contributed by atoms with Crippen LogP contribution in [-0.4, -0.2) is 5.11 Å². The number of halogens is 1. The van der Waals surface area contributed by atoms with Gasteiger partial charge in [0.25, 0.3) is 0 Å². The van der Waals surface area contributed by atoms with Crippen molar-refractivity contribution in [3.05, 3.63) is 34.2 Å². The first-order chi connectivity index (χ1) is 7.77. The minimum absolute atomic E-state index is 0.565. The first kappa shape index (κ1) is 11.9. The molecule has 1 aliphatic carbocycles. The molecule has 3 heteroatoms. The van der Waals surface area contributed by atoms with E-state index >= 15 is 0 Å². The average molecular weight is 285 g/mol. The molecule has 0 aromatic carbocycles. The van der Waals surface area contributed by atoms with Crippen molar-refractivity contribution in [1.29, 1.82) is 0 Å². The van der Waals surface area contributed by atoms with Crippen LogP contribution in [0.2, 0.25) is 0 Å². The summed E-state index contributed by atoms with van der Waals surface area (Å²) in [6, 6.07) is 3.65. The van der Waals surface area contributed by atoms with Crippen LogP contribution < -0.4 is 0 Å². The number of allylic oxidation sites excluding steroid dienone is 1. The van der Waals surface area contributed by atoms with Gasteiger partial charge in [-0.2, -0.15) is 0 Å². The third-order valence-electron chi connectivity index (χ3n) is 3.04. The van der Waals surface area contributed by atoms with Crippen LogP contribution in [0.4, 0.5) is 0 Å². The van der Waals surface area contributed by atoms with Crippen molar-refractivity contribution in [2.75, 3.05) is 0 Å². The minimum atomic E-state index is -0.565. The number of hydrogen-bond acceptors (Lipinski definition) is 2. The largest absolute Gasteiger partial charge is 0.451 e. The molecule has 1 unspecified atom stereocenters. The molecule has 1 heterocycles. The van der Waals surface area contributed by atoms with Crippen molar-refractivity contribution >= 4 is 15.9 Å². The second-order valence-electron chi connectivity index (χ2n) is 4.28. The van der Waals surface area contributed by atoms with Gasteiger partial charge < -0.3 is 9.52 Å². The van der Waals surface area contributed by atoms with E-state index < -0.39 is 6.10 Å². The summed E-state index contributed by atoms with van der Waals surface area (Å²) in [6.07, 6.45) is 8.67. The van der Waals surface area contributed by atoms with Crippen LogP contribution in [0.1, 0.15) is 50.4 Å². The fraction of sp³-hybridized carbons (Fsp3) is 0.538. The van der Waals surface area contributed by atoms with Gasteiger partial charge in [0.1, 0.15) is 11.9 Å². The maximum atomic E-state index is 10.2. The number of aliphatic hydroxyl groups excluding tert-OH is 1. The summed E-state index contributed by atoms with van der Waals surface area (Å²) in [5.41, 5.74) is 1.11. The van der Waals surface area contributed by atoms with Crippen LogP contribution >= 0.6 is 15.9 Å². The normalized spacial score (nSPS) is 23.0. The van der Waals surface area contributed by atoms with Crippen molar-refractivity contribution < 1.29 is 9.52 Å². The minimum Gasteiger partial charge on any atom is -0.451 e. The highest BCUT2D eigenvalue weighted by atomic mass is 79.9. The molecule has 0 bridgehead atoms. The quantitative estimate of drug-likeness (QED) is 0.819. The van der Waals surface area contributed by atoms with Gasteiger partial charge in [-0.05, 0) is 59.3 Å². The van der Waals surface area contributed by atoms with E-state index in [1.54, 1.807) is 0 Å². The Bertz CT molecular complexity index is 368. The Morgan fingerprint density at radius 1 is 1.19 bits per heavy atom. The molecule has 1 atom stereocenters. The molecule has 0 amide bonds. The summed E-state index contributed by atoms with van der Waals surface area (Å²) in [5, 5.41) is 10.2. The lowest BCUT2D eigenvalue weighted by atomic mass is 9.95. The molecule has 1 N–H and O–H groups in total. The molecule has 0 fully saturated rings. The first-order valence-electron chi connectivity index (χ1n) is 5.89. The van der Waals surface area contributed by atoms with E-state index in [-0.39, 0.29) is 0 Å². The van der Waals surface area contributed by atoms with Crippen LogP contribution in [0.25, 0.3) is 0 Å². The van der Waals surface area contributed by atoms with Crippen molar-refractivity contribution in [3.8, 4) is 0 Å². The molecule has 0 aliphatic heterocycles. The standard InChI is InChI=1S/C13H17BrO2/c14-12-9-8-11(16-12)13(15)10-6-4-2-1-3-5-7-10/h6,8-9,13,15H,1-5,7H2/b10-6+. The van der Waals surface area contributed by atoms with Crippen molar-refractivity contribution in [2.45, 2.75) is 44.6 Å². The highest BCUT2D eigenvalue weighted by Gasteiger charge is 2.17. The molecule has 1 aromatic rings. The smallest absolute Gasteiger partial charge is 0.169 e. The van der Waals surface area contributed by atoms with Crippen molar-refractivity contribution in [3.63, 3.8) is 0 Å². The second-order valence-corrected chi connectivity index (χ2v) is 5.06. The molecule has 0 radical (unpaired) electrons. The average Bonchev–Trinajstić information content (AvgIpc) is 2.63. The zero-order valence-corrected chi connectivity index (χ0v) is 10.9. The molecule has 1 aromatic heterocycles. The van der Waals surface area contributed by atoms with Crippen LogP contribution in [0.5, 0.6) is 0 Å². The molecule has 0 saturated heterocycles. The lowest BCUT2D eigenvalue weighted by Crippen LogP contribution is -2.02. The zero-order chi connectivity index (χ0) is 11.4. The monoisotopic (exact) mass is 284 g/mol. The highest BCUT2D eigenvalue weighted by molar-refractivity contribution is 9.10. The molecular formula is C13H17BrO2. The predicted octanol–water partition coefficient (Wildman–Crippen LogP) is 4.36. The number of furan rings is 1. The Labute approximate surface area is 104 Å². The number of aliphatic hydroxyl groups is 1. The molecular weight excluding hydrogens is 268 g/mol. The number of hydrogen-bond donors (Lipinski definition) is 1. The van der Waals surface area contributed by atoms with E-state index in [1.807, 2.05) is 12.1 Å². The third-order valence-corrected chi connectivity index (χ3v) is 3.47. The Balaban J connectivity index is 2.09. The summed E-state index contributed by atoms with van der Waals surface area (Å²) < 4.78 is 6.07. The second kappa shape index (κ2) is 5.69. The maximum absolute atomic E-state index is 10.2. The van der Waals surface area contributed by atoms with Gasteiger partial charge in [0.05, 0.1) is 0 Å². The van der Waals surface area contributed by atoms with E-state index in [0.29, 0.717) is 10.4 Å². The van der Waals surface area contributed by atoms with Crippen LogP contribution in [0.15, 0.2) is 32.9 Å². The van der Waals surface area contributed by atoms with Gasteiger partial charge in [-0.3, -0.25) is 0 Å². The van der Waals surface area contributed by atoms with Gasteiger partial charge in [-0.1, -0.05) is 18.9 Å². The predicted molar refractivity (Wildman–Crippen MR) is 67.2 cm³/mol. The Kier molecular flexibility index (Phi) is 4.24. The Hall–Kier alpha value is -0.540. The maximum Gasteiger partial charge on any atom is 0.169 e. The van der Waals surface area contributed by atoms with Gasteiger partial charge in [-0.25, -0.2) is 0 Å². The molecule has 2 nitrogen and oxygen atoms in total. The summed E-state index contributed by atoms with van der Waals surface area (Å²) in [7, 11) is 0. The zero-order valence-electron chi connectivity index (χ0n) is 9.29. The summed E-state index contributed by atoms with van der Waals surface area (Å²) in [6.45, 7) is 0. The molecule has 16 heavy (non-hydrogen) atoms. The van der Waals surface area contributed by atoms with Gasteiger partial charge >= 0.3 is 0 Å². The fourth-order valence-corrected chi connectivity index (χ4v) is 2.44. The number of rotatable bonds is 2. The fourth-order valence-electron chi connectivity index (χ4n) is 2.12. The lowest BCUT2D eigenvalue weighted by molar-refractivity contribution is 0.178. The van der Waals surface area contributed by atoms with E-state index in [9.17, 15) is 5.11 Å². The van der Waals surface area contributed by atoms with Crippen LogP contribution in [0.3, 0.4) is 0 Å². The van der Waals surface area contributed by atoms with Crippen molar-refractivity contribution in [1.82, 2.24) is 0 Å². The van der Waals surface area contributed by atoms with Gasteiger partial charge in [0, 0.05) is 0 Å². The summed E-state index contributed by atoms with van der Waals surface area (Å²) in [4.78, 5) is 0. The Morgan fingerprint density at radius 2 is 2.00 bits per heavy atom. The van der Waals surface area contributed by atoms with E-state index in [1.165, 1.54) is 25.7 Å².